The summed E-state index contributed by atoms with van der Waals surface area (Å²) >= 11 is 12.3. The van der Waals surface area contributed by atoms with Gasteiger partial charge in [-0.3, -0.25) is 4.79 Å². The van der Waals surface area contributed by atoms with Crippen LogP contribution in [0.1, 0.15) is 34.6 Å². The van der Waals surface area contributed by atoms with E-state index in [1.54, 1.807) is 55.5 Å². The fourth-order valence-electron chi connectivity index (χ4n) is 3.54. The van der Waals surface area contributed by atoms with Crippen molar-refractivity contribution in [3.8, 4) is 22.7 Å². The van der Waals surface area contributed by atoms with Gasteiger partial charge in [0, 0.05) is 10.6 Å². The molecule has 0 radical (unpaired) electrons. The van der Waals surface area contributed by atoms with Gasteiger partial charge in [-0.2, -0.15) is 18.3 Å². The first-order valence-corrected chi connectivity index (χ1v) is 11.1. The van der Waals surface area contributed by atoms with Gasteiger partial charge in [0.2, 0.25) is 0 Å². The van der Waals surface area contributed by atoms with Gasteiger partial charge in [0.15, 0.2) is 11.4 Å². The van der Waals surface area contributed by atoms with E-state index in [1.165, 1.54) is 16.8 Å². The second-order valence-corrected chi connectivity index (χ2v) is 8.57. The Morgan fingerprint density at radius 3 is 2.23 bits per heavy atom. The van der Waals surface area contributed by atoms with Crippen LogP contribution in [0.25, 0.3) is 16.9 Å². The predicted molar refractivity (Wildman–Crippen MR) is 128 cm³/mol. The van der Waals surface area contributed by atoms with Crippen LogP contribution in [0.15, 0.2) is 72.8 Å². The molecule has 4 aromatic rings. The molecule has 0 unspecified atom stereocenters. The zero-order valence-electron chi connectivity index (χ0n) is 18.1. The Morgan fingerprint density at radius 2 is 1.63 bits per heavy atom. The second-order valence-electron chi connectivity index (χ2n) is 7.73. The maximum Gasteiger partial charge on any atom is 0.416 e. The first kappa shape index (κ1) is 24.6. The lowest BCUT2D eigenvalue weighted by atomic mass is 10.1. The molecule has 0 fully saturated rings. The Hall–Kier alpha value is -3.49. The number of aromatic hydroxyl groups is 1. The molecule has 3 aromatic carbocycles. The van der Waals surface area contributed by atoms with E-state index >= 15 is 0 Å². The van der Waals surface area contributed by atoms with Gasteiger partial charge in [0.25, 0.3) is 5.91 Å². The second kappa shape index (κ2) is 9.64. The first-order valence-electron chi connectivity index (χ1n) is 10.4. The van der Waals surface area contributed by atoms with Gasteiger partial charge >= 0.3 is 6.18 Å². The van der Waals surface area contributed by atoms with Crippen molar-refractivity contribution in [3.05, 3.63) is 99.7 Å². The number of para-hydroxylation sites is 1. The summed E-state index contributed by atoms with van der Waals surface area (Å²) < 4.78 is 39.9. The number of hydrogen-bond acceptors (Lipinski definition) is 3. The van der Waals surface area contributed by atoms with E-state index in [0.29, 0.717) is 26.9 Å². The van der Waals surface area contributed by atoms with E-state index in [1.807, 2.05) is 0 Å². The van der Waals surface area contributed by atoms with Crippen LogP contribution < -0.4 is 5.32 Å². The number of alkyl halides is 3. The third-order valence-corrected chi connectivity index (χ3v) is 5.93. The quantitative estimate of drug-likeness (QED) is 0.296. The number of carbonyl (C=O) groups is 1. The number of nitrogens with zero attached hydrogens (tertiary/aromatic N) is 2. The molecule has 0 aliphatic rings. The van der Waals surface area contributed by atoms with Crippen LogP contribution in [-0.4, -0.2) is 20.8 Å². The van der Waals surface area contributed by atoms with E-state index in [2.05, 4.69) is 10.4 Å². The summed E-state index contributed by atoms with van der Waals surface area (Å²) in [5.74, 6) is -1.10. The third-order valence-electron chi connectivity index (χ3n) is 5.36. The molecule has 1 aromatic heterocycles. The minimum Gasteiger partial charge on any atom is -0.504 e. The van der Waals surface area contributed by atoms with Crippen LogP contribution in [-0.2, 0) is 6.18 Å². The molecule has 1 amide bonds. The standard InChI is InChI=1S/C25H18Cl2F3N3O2/c1-14(15-6-10-17(11-7-15)25(28,29)30)31-24(35)21-23(34)22(16-8-12-18(26)13-9-16)33(32-21)20-5-3-2-4-19(20)27/h2-14,34H,1H3,(H,31,35)/t14-/m1/s1. The van der Waals surface area contributed by atoms with Crippen molar-refractivity contribution in [2.24, 2.45) is 0 Å². The molecule has 180 valence electrons. The van der Waals surface area contributed by atoms with Crippen molar-refractivity contribution in [1.29, 1.82) is 0 Å². The Bertz CT molecular complexity index is 1370. The van der Waals surface area contributed by atoms with E-state index in [-0.39, 0.29) is 17.1 Å². The average Bonchev–Trinajstić information content (AvgIpc) is 3.16. The van der Waals surface area contributed by atoms with Crippen molar-refractivity contribution < 1.29 is 23.1 Å². The van der Waals surface area contributed by atoms with E-state index in [4.69, 9.17) is 23.2 Å². The molecule has 2 N–H and O–H groups in total. The van der Waals surface area contributed by atoms with Gasteiger partial charge in [-0.25, -0.2) is 4.68 Å². The highest BCUT2D eigenvalue weighted by atomic mass is 35.5. The number of halogens is 5. The monoisotopic (exact) mass is 519 g/mol. The summed E-state index contributed by atoms with van der Waals surface area (Å²) in [5.41, 5.74) is 0.590. The van der Waals surface area contributed by atoms with Crippen molar-refractivity contribution in [2.45, 2.75) is 19.1 Å². The maximum atomic E-state index is 13.1. The number of rotatable bonds is 5. The van der Waals surface area contributed by atoms with Gasteiger partial charge in [-0.05, 0) is 48.9 Å². The van der Waals surface area contributed by atoms with E-state index in [0.717, 1.165) is 12.1 Å². The number of amides is 1. The molecule has 0 saturated carbocycles. The van der Waals surface area contributed by atoms with Crippen molar-refractivity contribution >= 4 is 29.1 Å². The number of hydrogen-bond donors (Lipinski definition) is 2. The summed E-state index contributed by atoms with van der Waals surface area (Å²) in [4.78, 5) is 13.1. The summed E-state index contributed by atoms with van der Waals surface area (Å²) in [6.07, 6.45) is -4.46. The van der Waals surface area contributed by atoms with Gasteiger partial charge in [0.1, 0.15) is 5.69 Å². The van der Waals surface area contributed by atoms with Crippen LogP contribution in [0.3, 0.4) is 0 Å². The molecule has 1 atom stereocenters. The molecule has 0 aliphatic heterocycles. The first-order chi connectivity index (χ1) is 16.6. The van der Waals surface area contributed by atoms with E-state index < -0.39 is 23.7 Å². The molecule has 1 heterocycles. The van der Waals surface area contributed by atoms with Gasteiger partial charge in [-0.1, -0.05) is 59.6 Å². The molecule has 10 heteroatoms. The lowest BCUT2D eigenvalue weighted by Crippen LogP contribution is -2.27. The highest BCUT2D eigenvalue weighted by Crippen LogP contribution is 2.37. The van der Waals surface area contributed by atoms with Crippen molar-refractivity contribution in [2.75, 3.05) is 0 Å². The van der Waals surface area contributed by atoms with Gasteiger partial charge < -0.3 is 10.4 Å². The highest BCUT2D eigenvalue weighted by Gasteiger charge is 2.30. The third kappa shape index (κ3) is 5.13. The van der Waals surface area contributed by atoms with Crippen LogP contribution in [0.4, 0.5) is 13.2 Å². The average molecular weight is 520 g/mol. The minimum atomic E-state index is -4.46. The normalized spacial score (nSPS) is 12.4. The summed E-state index contributed by atoms with van der Waals surface area (Å²) in [5, 5.41) is 18.8. The summed E-state index contributed by atoms with van der Waals surface area (Å²) in [6, 6.07) is 17.2. The zero-order chi connectivity index (χ0) is 25.3. The molecule has 4 rings (SSSR count). The Morgan fingerprint density at radius 1 is 1.00 bits per heavy atom. The smallest absolute Gasteiger partial charge is 0.416 e. The topological polar surface area (TPSA) is 67.2 Å². The fourth-order valence-corrected chi connectivity index (χ4v) is 3.88. The molecule has 5 nitrogen and oxygen atoms in total. The van der Waals surface area contributed by atoms with Crippen molar-refractivity contribution in [1.82, 2.24) is 15.1 Å². The number of aromatic nitrogens is 2. The van der Waals surface area contributed by atoms with Crippen LogP contribution in [0.5, 0.6) is 5.75 Å². The van der Waals surface area contributed by atoms with Gasteiger partial charge in [0.05, 0.1) is 22.3 Å². The van der Waals surface area contributed by atoms with Crippen LogP contribution in [0, 0.1) is 0 Å². The Labute approximate surface area is 208 Å². The Kier molecular flexibility index (Phi) is 6.78. The highest BCUT2D eigenvalue weighted by molar-refractivity contribution is 6.32. The molecular weight excluding hydrogens is 502 g/mol. The number of nitrogens with one attached hydrogen (secondary N) is 1. The lowest BCUT2D eigenvalue weighted by Gasteiger charge is -2.15. The summed E-state index contributed by atoms with van der Waals surface area (Å²) in [7, 11) is 0. The molecule has 0 saturated heterocycles. The minimum absolute atomic E-state index is 0.224. The Balaban J connectivity index is 1.70. The molecular formula is C25H18Cl2F3N3O2. The lowest BCUT2D eigenvalue weighted by molar-refractivity contribution is -0.137. The predicted octanol–water partition coefficient (Wildman–Crippen LogP) is 7.06. The van der Waals surface area contributed by atoms with Gasteiger partial charge in [-0.15, -0.1) is 0 Å². The van der Waals surface area contributed by atoms with Crippen molar-refractivity contribution in [3.63, 3.8) is 0 Å². The molecule has 0 spiro atoms. The largest absolute Gasteiger partial charge is 0.504 e. The molecule has 0 aliphatic carbocycles. The SMILES string of the molecule is C[C@@H](NC(=O)c1nn(-c2ccccc2Cl)c(-c2ccc(Cl)cc2)c1O)c1ccc(C(F)(F)F)cc1. The summed E-state index contributed by atoms with van der Waals surface area (Å²) in [6.45, 7) is 1.61. The molecule has 35 heavy (non-hydrogen) atoms. The maximum absolute atomic E-state index is 13.1. The zero-order valence-corrected chi connectivity index (χ0v) is 19.7. The number of carbonyl (C=O) groups excluding carboxylic acids is 1. The van der Waals surface area contributed by atoms with E-state index in [9.17, 15) is 23.1 Å². The number of benzene rings is 3. The van der Waals surface area contributed by atoms with Crippen LogP contribution >= 0.6 is 23.2 Å². The van der Waals surface area contributed by atoms with Crippen LogP contribution in [0.2, 0.25) is 10.0 Å². The fraction of sp³-hybridized carbons (Fsp3) is 0.120. The molecule has 0 bridgehead atoms.